The minimum Gasteiger partial charge on any atom is -0.383 e. The molecule has 0 aliphatic carbocycles. The van der Waals surface area contributed by atoms with Gasteiger partial charge in [0.1, 0.15) is 18.2 Å². The molecule has 42 heavy (non-hydrogen) atoms. The number of fused-ring (bicyclic) bond motifs is 1. The molecule has 3 aromatic carbocycles. The lowest BCUT2D eigenvalue weighted by atomic mass is 10.1. The number of anilines is 1. The van der Waals surface area contributed by atoms with E-state index >= 15 is 0 Å². The highest BCUT2D eigenvalue weighted by Gasteiger charge is 2.30. The summed E-state index contributed by atoms with van der Waals surface area (Å²) >= 11 is 0. The number of nitrogens with zero attached hydrogens (tertiary/aromatic N) is 2. The van der Waals surface area contributed by atoms with Gasteiger partial charge in [0.2, 0.25) is 5.91 Å². The van der Waals surface area contributed by atoms with Gasteiger partial charge in [-0.1, -0.05) is 30.3 Å². The van der Waals surface area contributed by atoms with E-state index in [1.165, 1.54) is 24.1 Å². The van der Waals surface area contributed by atoms with E-state index in [0.717, 1.165) is 45.6 Å². The van der Waals surface area contributed by atoms with E-state index in [9.17, 15) is 31.5 Å². The van der Waals surface area contributed by atoms with Gasteiger partial charge < -0.3 is 24.8 Å². The molecule has 1 aromatic heterocycles. The molecule has 0 unspecified atom stereocenters. The van der Waals surface area contributed by atoms with Crippen molar-refractivity contribution in [2.45, 2.75) is 19.1 Å². The molecule has 0 bridgehead atoms. The number of aromatic amines is 1. The number of hydrogen-bond donors (Lipinski definition) is 2. The first-order valence-electron chi connectivity index (χ1n) is 13.0. The van der Waals surface area contributed by atoms with Crippen molar-refractivity contribution in [3.05, 3.63) is 101 Å². The maximum absolute atomic E-state index is 14.2. The van der Waals surface area contributed by atoms with E-state index in [2.05, 4.69) is 10.3 Å². The number of hydrogen-bond acceptors (Lipinski definition) is 3. The average molecular weight is 589 g/mol. The molecule has 1 heterocycles. The second-order valence-corrected chi connectivity index (χ2v) is 9.59. The molecule has 0 aliphatic rings. The number of alkyl halides is 3. The van der Waals surface area contributed by atoms with Crippen LogP contribution in [0.5, 0.6) is 0 Å². The molecular formula is C30H29F5N4O3. The monoisotopic (exact) mass is 588 g/mol. The third kappa shape index (κ3) is 7.84. The summed E-state index contributed by atoms with van der Waals surface area (Å²) in [6, 6.07) is 14.0. The Morgan fingerprint density at radius 1 is 0.952 bits per heavy atom. The number of H-pyrrole nitrogens is 1. The lowest BCUT2D eigenvalue weighted by molar-refractivity contribution is -0.137. The molecule has 222 valence electrons. The molecule has 2 N–H and O–H groups in total. The molecule has 0 radical (unpaired) electrons. The number of halogens is 5. The van der Waals surface area contributed by atoms with E-state index in [1.807, 2.05) is 30.5 Å². The molecule has 3 amide bonds. The first kappa shape index (κ1) is 30.5. The predicted molar refractivity (Wildman–Crippen MR) is 148 cm³/mol. The first-order chi connectivity index (χ1) is 20.0. The summed E-state index contributed by atoms with van der Waals surface area (Å²) in [7, 11) is 1.41. The third-order valence-corrected chi connectivity index (χ3v) is 6.68. The topological polar surface area (TPSA) is 77.7 Å². The fourth-order valence-corrected chi connectivity index (χ4v) is 4.41. The summed E-state index contributed by atoms with van der Waals surface area (Å²) in [4.78, 5) is 32.4. The van der Waals surface area contributed by atoms with Gasteiger partial charge in [-0.3, -0.25) is 4.79 Å². The largest absolute Gasteiger partial charge is 0.416 e. The standard InChI is InChI=1S/C30H29F5N4O3/c1-42-15-14-39(29(41)37-27-11-10-23(31)16-25(27)32)19-28(40)38(18-20-6-8-22(9-7-20)30(33,34)35)13-12-21-17-36-26-5-3-2-4-24(21)26/h2-11,16-17,36H,12-15,18-19H2,1H3,(H,37,41). The van der Waals surface area contributed by atoms with Gasteiger partial charge in [-0.2, -0.15) is 13.2 Å². The fourth-order valence-electron chi connectivity index (χ4n) is 4.41. The summed E-state index contributed by atoms with van der Waals surface area (Å²) < 4.78 is 71.7. The van der Waals surface area contributed by atoms with Gasteiger partial charge in [0, 0.05) is 49.9 Å². The van der Waals surface area contributed by atoms with Gasteiger partial charge in [-0.05, 0) is 47.9 Å². The Bertz CT molecular complexity index is 1520. The average Bonchev–Trinajstić information content (AvgIpc) is 3.37. The highest BCUT2D eigenvalue weighted by atomic mass is 19.4. The lowest BCUT2D eigenvalue weighted by Crippen LogP contribution is -2.46. The van der Waals surface area contributed by atoms with Crippen LogP contribution in [0.1, 0.15) is 16.7 Å². The van der Waals surface area contributed by atoms with Crippen molar-refractivity contribution in [1.29, 1.82) is 0 Å². The third-order valence-electron chi connectivity index (χ3n) is 6.68. The van der Waals surface area contributed by atoms with Gasteiger partial charge >= 0.3 is 12.2 Å². The maximum Gasteiger partial charge on any atom is 0.416 e. The van der Waals surface area contributed by atoms with Crippen molar-refractivity contribution in [3.8, 4) is 0 Å². The van der Waals surface area contributed by atoms with E-state index < -0.39 is 41.9 Å². The number of carbonyl (C=O) groups excluding carboxylic acids is 2. The Morgan fingerprint density at radius 2 is 1.69 bits per heavy atom. The summed E-state index contributed by atoms with van der Waals surface area (Å²) in [6.07, 6.45) is -2.23. The van der Waals surface area contributed by atoms with Crippen molar-refractivity contribution in [2.24, 2.45) is 0 Å². The Morgan fingerprint density at radius 3 is 2.38 bits per heavy atom. The molecule has 0 saturated carbocycles. The second-order valence-electron chi connectivity index (χ2n) is 9.59. The molecule has 0 atom stereocenters. The van der Waals surface area contributed by atoms with Crippen molar-refractivity contribution >= 4 is 28.5 Å². The van der Waals surface area contributed by atoms with E-state index in [1.54, 1.807) is 0 Å². The number of methoxy groups -OCH3 is 1. The van der Waals surface area contributed by atoms with Crippen LogP contribution in [0.4, 0.5) is 32.4 Å². The van der Waals surface area contributed by atoms with Crippen LogP contribution < -0.4 is 5.32 Å². The van der Waals surface area contributed by atoms with Gasteiger partial charge in [-0.25, -0.2) is 13.6 Å². The summed E-state index contributed by atoms with van der Waals surface area (Å²) in [5, 5.41) is 3.32. The number of benzene rings is 3. The van der Waals surface area contributed by atoms with Gasteiger partial charge in [0.25, 0.3) is 0 Å². The highest BCUT2D eigenvalue weighted by molar-refractivity contribution is 5.92. The van der Waals surface area contributed by atoms with Crippen molar-refractivity contribution in [2.75, 3.05) is 38.7 Å². The number of nitrogens with one attached hydrogen (secondary N) is 2. The van der Waals surface area contributed by atoms with Crippen molar-refractivity contribution in [1.82, 2.24) is 14.8 Å². The fraction of sp³-hybridized carbons (Fsp3) is 0.267. The van der Waals surface area contributed by atoms with Crippen LogP contribution in [-0.2, 0) is 28.7 Å². The van der Waals surface area contributed by atoms with Crippen LogP contribution in [0, 0.1) is 11.6 Å². The zero-order valence-corrected chi connectivity index (χ0v) is 22.7. The number of amides is 3. The molecule has 4 rings (SSSR count). The van der Waals surface area contributed by atoms with Crippen LogP contribution >= 0.6 is 0 Å². The Hall–Kier alpha value is -4.45. The SMILES string of the molecule is COCCN(CC(=O)N(CCc1c[nH]c2ccccc12)Cc1ccc(C(F)(F)F)cc1)C(=O)Nc1ccc(F)cc1F. The maximum atomic E-state index is 14.2. The summed E-state index contributed by atoms with van der Waals surface area (Å²) in [6.45, 7) is -0.180. The van der Waals surface area contributed by atoms with Crippen molar-refractivity contribution < 1.29 is 36.3 Å². The van der Waals surface area contributed by atoms with Crippen LogP contribution in [0.2, 0.25) is 0 Å². The van der Waals surface area contributed by atoms with Gasteiger partial charge in [0.15, 0.2) is 0 Å². The normalized spacial score (nSPS) is 11.5. The molecule has 0 spiro atoms. The molecule has 0 aliphatic heterocycles. The lowest BCUT2D eigenvalue weighted by Gasteiger charge is -2.28. The zero-order chi connectivity index (χ0) is 30.3. The molecule has 0 saturated heterocycles. The minimum atomic E-state index is -4.50. The van der Waals surface area contributed by atoms with E-state index in [0.29, 0.717) is 18.1 Å². The Labute approximate surface area is 238 Å². The zero-order valence-electron chi connectivity index (χ0n) is 22.7. The van der Waals surface area contributed by atoms with Gasteiger partial charge in [-0.15, -0.1) is 0 Å². The number of carbonyl (C=O) groups is 2. The Balaban J connectivity index is 1.54. The number of aromatic nitrogens is 1. The van der Waals surface area contributed by atoms with Crippen LogP contribution in [0.3, 0.4) is 0 Å². The number of rotatable bonds is 11. The molecule has 12 heteroatoms. The second kappa shape index (κ2) is 13.5. The smallest absolute Gasteiger partial charge is 0.383 e. The summed E-state index contributed by atoms with van der Waals surface area (Å²) in [5.74, 6) is -2.28. The number of ether oxygens (including phenoxy) is 1. The Kier molecular flexibility index (Phi) is 9.79. The molecular weight excluding hydrogens is 559 g/mol. The van der Waals surface area contributed by atoms with Crippen molar-refractivity contribution in [3.63, 3.8) is 0 Å². The summed E-state index contributed by atoms with van der Waals surface area (Å²) in [5.41, 5.74) is 1.26. The molecule has 4 aromatic rings. The first-order valence-corrected chi connectivity index (χ1v) is 13.0. The minimum absolute atomic E-state index is 0.00828. The number of urea groups is 1. The highest BCUT2D eigenvalue weighted by Crippen LogP contribution is 2.29. The quantitative estimate of drug-likeness (QED) is 0.205. The van der Waals surface area contributed by atoms with E-state index in [-0.39, 0.29) is 31.9 Å². The molecule has 7 nitrogen and oxygen atoms in total. The number of para-hydroxylation sites is 1. The van der Waals surface area contributed by atoms with Crippen LogP contribution in [0.15, 0.2) is 72.9 Å². The van der Waals surface area contributed by atoms with Gasteiger partial charge in [0.05, 0.1) is 17.9 Å². The predicted octanol–water partition coefficient (Wildman–Crippen LogP) is 6.22. The van der Waals surface area contributed by atoms with Crippen LogP contribution in [-0.4, -0.2) is 60.1 Å². The van der Waals surface area contributed by atoms with E-state index in [4.69, 9.17) is 4.74 Å². The van der Waals surface area contributed by atoms with Crippen LogP contribution in [0.25, 0.3) is 10.9 Å². The molecule has 0 fully saturated rings.